The van der Waals surface area contributed by atoms with Gasteiger partial charge in [-0.15, -0.1) is 0 Å². The molecule has 122 valence electrons. The van der Waals surface area contributed by atoms with Crippen molar-refractivity contribution in [1.29, 1.82) is 0 Å². The molecular weight excluding hydrogens is 318 g/mol. The zero-order valence-electron chi connectivity index (χ0n) is 11.5. The van der Waals surface area contributed by atoms with Gasteiger partial charge >= 0.3 is 11.8 Å². The van der Waals surface area contributed by atoms with Crippen LogP contribution in [0, 0.1) is 27.7 Å². The first kappa shape index (κ1) is 16.5. The number of halogens is 2. The van der Waals surface area contributed by atoms with Gasteiger partial charge in [-0.05, 0) is 6.07 Å². The van der Waals surface area contributed by atoms with Crippen LogP contribution in [0.2, 0.25) is 0 Å². The number of hydrogen-bond donors (Lipinski definition) is 1. The van der Waals surface area contributed by atoms with E-state index in [9.17, 15) is 33.3 Å². The Labute approximate surface area is 127 Å². The molecule has 1 N–H and O–H groups in total. The average molecular weight is 328 g/mol. The summed E-state index contributed by atoms with van der Waals surface area (Å²) < 4.78 is 27.4. The summed E-state index contributed by atoms with van der Waals surface area (Å²) in [6.07, 6.45) is -1.56. The molecule has 1 atom stereocenters. The second-order valence-electron chi connectivity index (χ2n) is 4.90. The lowest BCUT2D eigenvalue weighted by Gasteiger charge is -2.28. The number of nitrogens with zero attached hydrogens (tertiary/aromatic N) is 2. The number of carbonyl (C=O) groups is 3. The smallest absolute Gasteiger partial charge is 0.407 e. The number of hydrogen-bond acceptors (Lipinski definition) is 5. The molecule has 0 bridgehead atoms. The third-order valence-corrected chi connectivity index (χ3v) is 3.51. The number of likely N-dealkylation sites (tertiary alicyclic amines) is 1. The maximum atomic E-state index is 13.8. The highest BCUT2D eigenvalue weighted by Crippen LogP contribution is 2.25. The second kappa shape index (κ2) is 6.07. The number of carboxylic acid groups (broad SMARTS) is 1. The van der Waals surface area contributed by atoms with Crippen LogP contribution < -0.4 is 0 Å². The Kier molecular flexibility index (Phi) is 4.34. The van der Waals surface area contributed by atoms with E-state index in [1.54, 1.807) is 0 Å². The first-order valence-corrected chi connectivity index (χ1v) is 6.40. The van der Waals surface area contributed by atoms with Crippen LogP contribution in [0.3, 0.4) is 0 Å². The van der Waals surface area contributed by atoms with Gasteiger partial charge in [0.25, 0.3) is 0 Å². The predicted octanol–water partition coefficient (Wildman–Crippen LogP) is 1.62. The van der Waals surface area contributed by atoms with Gasteiger partial charge in [-0.25, -0.2) is 9.18 Å². The standard InChI is InChI=1S/C13H10F2N2O6/c14-8-4-10(17(22)23)9(15)3-6(8)12(19)7-5-16(13(20)21)2-1-11(7)18/h3-4,7H,1-2,5H2,(H,20,21)/t7-/m0/s1. The van der Waals surface area contributed by atoms with E-state index in [4.69, 9.17) is 5.11 Å². The maximum absolute atomic E-state index is 13.8. The van der Waals surface area contributed by atoms with Crippen molar-refractivity contribution in [2.75, 3.05) is 13.1 Å². The van der Waals surface area contributed by atoms with E-state index < -0.39 is 57.9 Å². The van der Waals surface area contributed by atoms with E-state index in [-0.39, 0.29) is 19.0 Å². The van der Waals surface area contributed by atoms with Gasteiger partial charge in [0.2, 0.25) is 5.82 Å². The summed E-state index contributed by atoms with van der Waals surface area (Å²) in [5.74, 6) is -5.92. The molecule has 0 saturated carbocycles. The van der Waals surface area contributed by atoms with Crippen molar-refractivity contribution < 1.29 is 33.2 Å². The van der Waals surface area contributed by atoms with Gasteiger partial charge in [-0.3, -0.25) is 19.7 Å². The summed E-state index contributed by atoms with van der Waals surface area (Å²) >= 11 is 0. The van der Waals surface area contributed by atoms with E-state index >= 15 is 0 Å². The molecule has 23 heavy (non-hydrogen) atoms. The summed E-state index contributed by atoms with van der Waals surface area (Å²) in [6.45, 7) is -0.555. The fourth-order valence-electron chi connectivity index (χ4n) is 2.29. The number of rotatable bonds is 3. The molecule has 1 saturated heterocycles. The molecule has 0 aromatic heterocycles. The lowest BCUT2D eigenvalue weighted by atomic mass is 9.88. The third-order valence-electron chi connectivity index (χ3n) is 3.51. The van der Waals surface area contributed by atoms with Crippen LogP contribution in [0.4, 0.5) is 19.3 Å². The summed E-state index contributed by atoms with van der Waals surface area (Å²) in [7, 11) is 0. The molecule has 0 spiro atoms. The number of piperidine rings is 1. The number of Topliss-reactive ketones (excluding diaryl/α,β-unsaturated/α-hetero) is 2. The molecule has 1 heterocycles. The zero-order valence-corrected chi connectivity index (χ0v) is 11.5. The van der Waals surface area contributed by atoms with Crippen LogP contribution >= 0.6 is 0 Å². The SMILES string of the molecule is O=C1CCN(C(=O)O)C[C@@H]1C(=O)c1cc(F)c([N+](=O)[O-])cc1F. The summed E-state index contributed by atoms with van der Waals surface area (Å²) in [5, 5.41) is 19.4. The molecule has 1 fully saturated rings. The summed E-state index contributed by atoms with van der Waals surface area (Å²) in [6, 6.07) is 0.605. The lowest BCUT2D eigenvalue weighted by molar-refractivity contribution is -0.387. The minimum Gasteiger partial charge on any atom is -0.465 e. The van der Waals surface area contributed by atoms with E-state index in [1.807, 2.05) is 0 Å². The first-order chi connectivity index (χ1) is 10.7. The van der Waals surface area contributed by atoms with Gasteiger partial charge in [0.15, 0.2) is 5.78 Å². The van der Waals surface area contributed by atoms with E-state index in [0.29, 0.717) is 6.07 Å². The number of nitro groups is 1. The molecule has 1 aliphatic rings. The predicted molar refractivity (Wildman–Crippen MR) is 70.1 cm³/mol. The summed E-state index contributed by atoms with van der Waals surface area (Å²) in [5.41, 5.74) is -1.96. The van der Waals surface area contributed by atoms with Crippen molar-refractivity contribution in [2.45, 2.75) is 6.42 Å². The quantitative estimate of drug-likeness (QED) is 0.390. The lowest BCUT2D eigenvalue weighted by Crippen LogP contribution is -2.46. The monoisotopic (exact) mass is 328 g/mol. The van der Waals surface area contributed by atoms with E-state index in [0.717, 1.165) is 4.90 Å². The fraction of sp³-hybridized carbons (Fsp3) is 0.308. The minimum absolute atomic E-state index is 0.0882. The van der Waals surface area contributed by atoms with Crippen molar-refractivity contribution in [3.05, 3.63) is 39.4 Å². The number of amides is 1. The van der Waals surface area contributed by atoms with E-state index in [1.165, 1.54) is 0 Å². The van der Waals surface area contributed by atoms with Gasteiger partial charge in [-0.2, -0.15) is 4.39 Å². The Balaban J connectivity index is 2.36. The van der Waals surface area contributed by atoms with Gasteiger partial charge in [-0.1, -0.05) is 0 Å². The van der Waals surface area contributed by atoms with Crippen LogP contribution in [0.25, 0.3) is 0 Å². The third kappa shape index (κ3) is 3.15. The Morgan fingerprint density at radius 2 is 1.96 bits per heavy atom. The minimum atomic E-state index is -1.46. The normalized spacial score (nSPS) is 17.9. The Hall–Kier alpha value is -2.91. The van der Waals surface area contributed by atoms with Crippen molar-refractivity contribution in [3.63, 3.8) is 0 Å². The molecular formula is C13H10F2N2O6. The highest BCUT2D eigenvalue weighted by atomic mass is 19.1. The van der Waals surface area contributed by atoms with Gasteiger partial charge < -0.3 is 10.0 Å². The Morgan fingerprint density at radius 3 is 2.52 bits per heavy atom. The van der Waals surface area contributed by atoms with Gasteiger partial charge in [0.1, 0.15) is 11.6 Å². The molecule has 1 amide bonds. The summed E-state index contributed by atoms with van der Waals surface area (Å²) in [4.78, 5) is 45.1. The number of carbonyl (C=O) groups excluding carboxylic acids is 2. The van der Waals surface area contributed by atoms with E-state index in [2.05, 4.69) is 0 Å². The van der Waals surface area contributed by atoms with Crippen LogP contribution in [0.5, 0.6) is 0 Å². The van der Waals surface area contributed by atoms with Crippen molar-refractivity contribution in [2.24, 2.45) is 5.92 Å². The van der Waals surface area contributed by atoms with Crippen molar-refractivity contribution in [1.82, 2.24) is 4.90 Å². The second-order valence-corrected chi connectivity index (χ2v) is 4.90. The fourth-order valence-corrected chi connectivity index (χ4v) is 2.29. The van der Waals surface area contributed by atoms with Crippen molar-refractivity contribution >= 4 is 23.3 Å². The molecule has 2 rings (SSSR count). The van der Waals surface area contributed by atoms with Gasteiger partial charge in [0, 0.05) is 19.5 Å². The highest BCUT2D eigenvalue weighted by molar-refractivity contribution is 6.11. The first-order valence-electron chi connectivity index (χ1n) is 6.40. The van der Waals surface area contributed by atoms with Crippen LogP contribution in [0.15, 0.2) is 12.1 Å². The molecule has 0 radical (unpaired) electrons. The molecule has 8 nitrogen and oxygen atoms in total. The van der Waals surface area contributed by atoms with Crippen LogP contribution in [0.1, 0.15) is 16.8 Å². The zero-order chi connectivity index (χ0) is 17.3. The highest BCUT2D eigenvalue weighted by Gasteiger charge is 2.37. The molecule has 1 aromatic rings. The Bertz CT molecular complexity index is 721. The number of nitro benzene ring substituents is 1. The number of benzene rings is 1. The molecule has 1 aliphatic heterocycles. The molecule has 0 aliphatic carbocycles. The van der Waals surface area contributed by atoms with Crippen LogP contribution in [-0.2, 0) is 4.79 Å². The maximum Gasteiger partial charge on any atom is 0.407 e. The number of ketones is 2. The van der Waals surface area contributed by atoms with Crippen LogP contribution in [-0.4, -0.2) is 45.7 Å². The van der Waals surface area contributed by atoms with Gasteiger partial charge in [0.05, 0.1) is 22.5 Å². The molecule has 10 heteroatoms. The average Bonchev–Trinajstić information content (AvgIpc) is 2.48. The molecule has 1 aromatic carbocycles. The Morgan fingerprint density at radius 1 is 1.30 bits per heavy atom. The van der Waals surface area contributed by atoms with Crippen molar-refractivity contribution in [3.8, 4) is 0 Å². The topological polar surface area (TPSA) is 118 Å². The largest absolute Gasteiger partial charge is 0.465 e. The molecule has 0 unspecified atom stereocenters.